The number of hydrogen-bond acceptors (Lipinski definition) is 4. The maximum absolute atomic E-state index is 5.33. The highest BCUT2D eigenvalue weighted by molar-refractivity contribution is 7.99. The summed E-state index contributed by atoms with van der Waals surface area (Å²) in [6, 6.07) is 11.0. The summed E-state index contributed by atoms with van der Waals surface area (Å²) < 4.78 is 7.72. The first-order chi connectivity index (χ1) is 10.9. The topological polar surface area (TPSA) is 43.2 Å². The van der Waals surface area contributed by atoms with Crippen LogP contribution >= 0.6 is 11.8 Å². The van der Waals surface area contributed by atoms with Crippen molar-refractivity contribution in [3.8, 4) is 11.4 Å². The Morgan fingerprint density at radius 2 is 1.86 bits per heavy atom. The third-order valence-electron chi connectivity index (χ3n) is 4.44. The van der Waals surface area contributed by atoms with E-state index in [9.17, 15) is 0 Å². The van der Waals surface area contributed by atoms with Crippen LogP contribution in [0.2, 0.25) is 0 Å². The Hall–Kier alpha value is -1.33. The summed E-state index contributed by atoms with van der Waals surface area (Å²) in [7, 11) is 0. The molecule has 5 heteroatoms. The highest BCUT2D eigenvalue weighted by Crippen LogP contribution is 2.36. The van der Waals surface area contributed by atoms with E-state index in [0.717, 1.165) is 28.9 Å². The Morgan fingerprint density at radius 3 is 2.59 bits per heavy atom. The van der Waals surface area contributed by atoms with Gasteiger partial charge in [0, 0.05) is 17.4 Å². The standard InChI is InChI=1S/C17H21N3OS/c1-3-7-13(8-4-1)16-18-19-17(22-12-15-11-21-15)20(16)14-9-5-2-6-10-14/h1,3-4,7-8,14-15H,2,5-6,9-12H2. The van der Waals surface area contributed by atoms with Gasteiger partial charge >= 0.3 is 0 Å². The van der Waals surface area contributed by atoms with Crippen molar-refractivity contribution in [3.63, 3.8) is 0 Å². The fourth-order valence-electron chi connectivity index (χ4n) is 3.16. The van der Waals surface area contributed by atoms with E-state index in [1.54, 1.807) is 11.8 Å². The molecule has 116 valence electrons. The summed E-state index contributed by atoms with van der Waals surface area (Å²) in [5.74, 6) is 2.01. The molecule has 2 heterocycles. The van der Waals surface area contributed by atoms with Gasteiger partial charge in [0.25, 0.3) is 0 Å². The molecule has 0 radical (unpaired) electrons. The van der Waals surface area contributed by atoms with E-state index in [0.29, 0.717) is 12.1 Å². The Morgan fingerprint density at radius 1 is 1.09 bits per heavy atom. The minimum Gasteiger partial charge on any atom is -0.372 e. The molecule has 1 aliphatic heterocycles. The first kappa shape index (κ1) is 14.3. The summed E-state index contributed by atoms with van der Waals surface area (Å²) in [4.78, 5) is 0. The highest BCUT2D eigenvalue weighted by atomic mass is 32.2. The van der Waals surface area contributed by atoms with E-state index in [4.69, 9.17) is 4.74 Å². The van der Waals surface area contributed by atoms with Crippen LogP contribution in [0.25, 0.3) is 11.4 Å². The zero-order valence-electron chi connectivity index (χ0n) is 12.6. The first-order valence-electron chi connectivity index (χ1n) is 8.16. The molecule has 2 aliphatic rings. The fraction of sp³-hybridized carbons (Fsp3) is 0.529. The van der Waals surface area contributed by atoms with Gasteiger partial charge in [0.2, 0.25) is 0 Å². The molecule has 1 aromatic carbocycles. The molecule has 0 amide bonds. The van der Waals surface area contributed by atoms with Gasteiger partial charge in [0.05, 0.1) is 12.7 Å². The highest BCUT2D eigenvalue weighted by Gasteiger charge is 2.27. The second-order valence-corrected chi connectivity index (χ2v) is 7.09. The fourth-order valence-corrected chi connectivity index (χ4v) is 4.16. The number of rotatable bonds is 5. The minimum absolute atomic E-state index is 0.418. The monoisotopic (exact) mass is 315 g/mol. The van der Waals surface area contributed by atoms with Gasteiger partial charge in [-0.2, -0.15) is 0 Å². The van der Waals surface area contributed by atoms with Crippen LogP contribution in [0, 0.1) is 0 Å². The van der Waals surface area contributed by atoms with Crippen LogP contribution in [0.3, 0.4) is 0 Å². The van der Waals surface area contributed by atoms with Gasteiger partial charge in [0.1, 0.15) is 0 Å². The van der Waals surface area contributed by atoms with Crippen molar-refractivity contribution in [2.24, 2.45) is 0 Å². The lowest BCUT2D eigenvalue weighted by atomic mass is 9.95. The van der Waals surface area contributed by atoms with Crippen LogP contribution < -0.4 is 0 Å². The average molecular weight is 315 g/mol. The molecule has 1 atom stereocenters. The molecule has 2 aromatic rings. The van der Waals surface area contributed by atoms with Crippen LogP contribution in [-0.2, 0) is 4.74 Å². The van der Waals surface area contributed by atoms with Gasteiger partial charge in [0.15, 0.2) is 11.0 Å². The van der Waals surface area contributed by atoms with Gasteiger partial charge in [-0.25, -0.2) is 0 Å². The largest absolute Gasteiger partial charge is 0.372 e. The van der Waals surface area contributed by atoms with Crippen LogP contribution in [0.5, 0.6) is 0 Å². The Labute approximate surface area is 135 Å². The molecule has 1 saturated carbocycles. The Balaban J connectivity index is 1.66. The Bertz CT molecular complexity index is 618. The molecule has 0 bridgehead atoms. The molecule has 1 aromatic heterocycles. The van der Waals surface area contributed by atoms with Crippen molar-refractivity contribution in [2.75, 3.05) is 12.4 Å². The maximum atomic E-state index is 5.33. The van der Waals surface area contributed by atoms with Crippen molar-refractivity contribution >= 4 is 11.8 Å². The van der Waals surface area contributed by atoms with E-state index in [1.165, 1.54) is 32.1 Å². The van der Waals surface area contributed by atoms with Crippen molar-refractivity contribution in [1.82, 2.24) is 14.8 Å². The Kier molecular flexibility index (Phi) is 4.17. The second kappa shape index (κ2) is 6.42. The summed E-state index contributed by atoms with van der Waals surface area (Å²) in [6.45, 7) is 0.899. The van der Waals surface area contributed by atoms with Crippen LogP contribution in [0.1, 0.15) is 38.1 Å². The summed E-state index contributed by atoms with van der Waals surface area (Å²) in [6.07, 6.45) is 6.88. The van der Waals surface area contributed by atoms with Gasteiger partial charge < -0.3 is 4.74 Å². The van der Waals surface area contributed by atoms with E-state index < -0.39 is 0 Å². The van der Waals surface area contributed by atoms with Gasteiger partial charge in [-0.05, 0) is 12.8 Å². The van der Waals surface area contributed by atoms with E-state index in [1.807, 2.05) is 6.07 Å². The third kappa shape index (κ3) is 3.06. The molecule has 4 nitrogen and oxygen atoms in total. The van der Waals surface area contributed by atoms with Crippen LogP contribution in [0.15, 0.2) is 35.5 Å². The summed E-state index contributed by atoms with van der Waals surface area (Å²) in [5, 5.41) is 10.1. The predicted octanol–water partition coefficient (Wildman–Crippen LogP) is 3.94. The average Bonchev–Trinajstić information content (AvgIpc) is 3.32. The molecule has 1 saturated heterocycles. The third-order valence-corrected chi connectivity index (χ3v) is 5.51. The van der Waals surface area contributed by atoms with Crippen molar-refractivity contribution in [3.05, 3.63) is 30.3 Å². The summed E-state index contributed by atoms with van der Waals surface area (Å²) in [5.41, 5.74) is 1.16. The number of hydrogen-bond donors (Lipinski definition) is 0. The zero-order valence-corrected chi connectivity index (χ0v) is 13.5. The number of epoxide rings is 1. The second-order valence-electron chi connectivity index (χ2n) is 6.10. The molecule has 2 fully saturated rings. The number of benzene rings is 1. The molecular formula is C17H21N3OS. The van der Waals surface area contributed by atoms with E-state index >= 15 is 0 Å². The molecular weight excluding hydrogens is 294 g/mol. The predicted molar refractivity (Wildman–Crippen MR) is 88.0 cm³/mol. The minimum atomic E-state index is 0.418. The zero-order chi connectivity index (χ0) is 14.8. The lowest BCUT2D eigenvalue weighted by Crippen LogP contribution is -2.15. The van der Waals surface area contributed by atoms with Gasteiger partial charge in [-0.1, -0.05) is 61.4 Å². The molecule has 4 rings (SSSR count). The van der Waals surface area contributed by atoms with E-state index in [-0.39, 0.29) is 0 Å². The SMILES string of the molecule is c1ccc(-c2nnc(SCC3CO3)n2C2CCCCC2)cc1. The number of nitrogens with zero attached hydrogens (tertiary/aromatic N) is 3. The summed E-state index contributed by atoms with van der Waals surface area (Å²) >= 11 is 1.79. The van der Waals surface area contributed by atoms with Crippen LogP contribution in [-0.4, -0.2) is 33.2 Å². The van der Waals surface area contributed by atoms with Crippen molar-refractivity contribution < 1.29 is 4.74 Å². The van der Waals surface area contributed by atoms with Crippen LogP contribution in [0.4, 0.5) is 0 Å². The smallest absolute Gasteiger partial charge is 0.191 e. The number of ether oxygens (including phenoxy) is 1. The first-order valence-corrected chi connectivity index (χ1v) is 9.15. The molecule has 1 aliphatic carbocycles. The quantitative estimate of drug-likeness (QED) is 0.619. The van der Waals surface area contributed by atoms with Crippen molar-refractivity contribution in [1.29, 1.82) is 0 Å². The normalized spacial score (nSPS) is 21.9. The van der Waals surface area contributed by atoms with Gasteiger partial charge in [-0.15, -0.1) is 10.2 Å². The molecule has 0 N–H and O–H groups in total. The molecule has 22 heavy (non-hydrogen) atoms. The van der Waals surface area contributed by atoms with Crippen molar-refractivity contribution in [2.45, 2.75) is 49.4 Å². The van der Waals surface area contributed by atoms with Gasteiger partial charge in [-0.3, -0.25) is 4.57 Å². The lowest BCUT2D eigenvalue weighted by Gasteiger charge is -2.25. The van der Waals surface area contributed by atoms with E-state index in [2.05, 4.69) is 39.0 Å². The number of aromatic nitrogens is 3. The molecule has 0 spiro atoms. The maximum Gasteiger partial charge on any atom is 0.191 e. The lowest BCUT2D eigenvalue weighted by molar-refractivity contribution is 0.339. The number of thioether (sulfide) groups is 1. The molecule has 1 unspecified atom stereocenters.